The van der Waals surface area contributed by atoms with Gasteiger partial charge in [-0.05, 0) is 13.8 Å². The number of hydrogen-bond donors (Lipinski definition) is 2. The summed E-state index contributed by atoms with van der Waals surface area (Å²) >= 11 is 0. The molecule has 1 amide bonds. The van der Waals surface area contributed by atoms with Crippen LogP contribution in [-0.2, 0) is 0 Å². The second-order valence-electron chi connectivity index (χ2n) is 2.49. The highest BCUT2D eigenvalue weighted by Crippen LogP contribution is 1.99. The Balaban J connectivity index is 0.000000261. The number of carboxylic acid groups (broad SMARTS) is 1. The van der Waals surface area contributed by atoms with Crippen LogP contribution in [0.2, 0.25) is 0 Å². The molecule has 66 valence electrons. The Morgan fingerprint density at radius 3 is 1.50 bits per heavy atom. The van der Waals surface area contributed by atoms with Gasteiger partial charge in [-0.3, -0.25) is 0 Å². The number of carbonyl (C=O) groups is 1. The minimum Gasteiger partial charge on any atom is -0.465 e. The van der Waals surface area contributed by atoms with Crippen molar-refractivity contribution in [3.63, 3.8) is 0 Å². The van der Waals surface area contributed by atoms with Crippen LogP contribution in [0.1, 0.15) is 11.1 Å². The monoisotopic (exact) mass is 167 g/mol. The number of amides is 1. The summed E-state index contributed by atoms with van der Waals surface area (Å²) in [7, 11) is 0. The van der Waals surface area contributed by atoms with Gasteiger partial charge in [0.05, 0.1) is 0 Å². The van der Waals surface area contributed by atoms with Crippen LogP contribution in [0.3, 0.4) is 0 Å². The number of nitrogens with two attached hydrogens (primary N) is 1. The molecule has 12 heavy (non-hydrogen) atoms. The minimum absolute atomic E-state index is 1.33. The summed E-state index contributed by atoms with van der Waals surface area (Å²) < 4.78 is 0. The highest BCUT2D eigenvalue weighted by Gasteiger charge is 1.79. The Kier molecular flexibility index (Phi) is 4.53. The van der Waals surface area contributed by atoms with Crippen molar-refractivity contribution in [1.82, 2.24) is 0 Å². The maximum atomic E-state index is 8.78. The molecule has 0 atom stereocenters. The van der Waals surface area contributed by atoms with E-state index in [0.29, 0.717) is 0 Å². The van der Waals surface area contributed by atoms with Crippen LogP contribution < -0.4 is 5.73 Å². The minimum atomic E-state index is -1.33. The molecule has 0 aromatic heterocycles. The molecule has 3 N–H and O–H groups in total. The molecule has 0 heterocycles. The molecule has 0 radical (unpaired) electrons. The van der Waals surface area contributed by atoms with Crippen molar-refractivity contribution in [3.05, 3.63) is 35.4 Å². The van der Waals surface area contributed by atoms with Gasteiger partial charge in [-0.2, -0.15) is 0 Å². The van der Waals surface area contributed by atoms with Crippen molar-refractivity contribution in [1.29, 1.82) is 0 Å². The van der Waals surface area contributed by atoms with Crippen LogP contribution in [-0.4, -0.2) is 11.2 Å². The number of benzene rings is 1. The van der Waals surface area contributed by atoms with E-state index in [4.69, 9.17) is 9.90 Å². The van der Waals surface area contributed by atoms with E-state index in [1.165, 1.54) is 11.1 Å². The van der Waals surface area contributed by atoms with Crippen LogP contribution in [0, 0.1) is 13.8 Å². The molecular weight excluding hydrogens is 154 g/mol. The van der Waals surface area contributed by atoms with Crippen molar-refractivity contribution in [2.75, 3.05) is 0 Å². The molecule has 0 aliphatic rings. The smallest absolute Gasteiger partial charge is 0.402 e. The van der Waals surface area contributed by atoms with Crippen LogP contribution in [0.5, 0.6) is 0 Å². The summed E-state index contributed by atoms with van der Waals surface area (Å²) in [5, 5.41) is 7.19. The maximum absolute atomic E-state index is 8.78. The molecular formula is C9H13NO2. The van der Waals surface area contributed by atoms with E-state index in [9.17, 15) is 0 Å². The van der Waals surface area contributed by atoms with Gasteiger partial charge in [0.25, 0.3) is 0 Å². The lowest BCUT2D eigenvalue weighted by molar-refractivity contribution is 0.205. The molecule has 0 saturated heterocycles. The number of hydrogen-bond acceptors (Lipinski definition) is 1. The highest BCUT2D eigenvalue weighted by molar-refractivity contribution is 5.61. The van der Waals surface area contributed by atoms with Crippen LogP contribution in [0.15, 0.2) is 24.3 Å². The van der Waals surface area contributed by atoms with Crippen molar-refractivity contribution in [2.45, 2.75) is 13.8 Å². The van der Waals surface area contributed by atoms with Gasteiger partial charge in [-0.1, -0.05) is 35.4 Å². The van der Waals surface area contributed by atoms with Crippen LogP contribution in [0.4, 0.5) is 4.79 Å². The molecule has 0 spiro atoms. The largest absolute Gasteiger partial charge is 0.465 e. The zero-order valence-corrected chi connectivity index (χ0v) is 7.24. The first-order valence-electron chi connectivity index (χ1n) is 3.54. The van der Waals surface area contributed by atoms with Crippen molar-refractivity contribution in [2.24, 2.45) is 5.73 Å². The van der Waals surface area contributed by atoms with E-state index < -0.39 is 6.09 Å². The van der Waals surface area contributed by atoms with E-state index in [-0.39, 0.29) is 0 Å². The molecule has 0 unspecified atom stereocenters. The highest BCUT2D eigenvalue weighted by atomic mass is 16.4. The molecule has 3 heteroatoms. The number of rotatable bonds is 0. The normalized spacial score (nSPS) is 8.17. The van der Waals surface area contributed by atoms with Gasteiger partial charge in [0.2, 0.25) is 0 Å². The molecule has 0 aliphatic carbocycles. The average Bonchev–Trinajstić information content (AvgIpc) is 1.94. The van der Waals surface area contributed by atoms with Crippen molar-refractivity contribution >= 4 is 6.09 Å². The first-order chi connectivity index (χ1) is 5.52. The van der Waals surface area contributed by atoms with Gasteiger partial charge in [0.15, 0.2) is 0 Å². The van der Waals surface area contributed by atoms with E-state index >= 15 is 0 Å². The Labute approximate surface area is 71.8 Å². The Bertz CT molecular complexity index is 216. The third kappa shape index (κ3) is 6.61. The fraction of sp³-hybridized carbons (Fsp3) is 0.222. The Morgan fingerprint density at radius 2 is 1.33 bits per heavy atom. The standard InChI is InChI=1S/C8H10.CH3NO2/c1-7-3-5-8(2)6-4-7;2-1(3)4/h3-6H,1-2H3;2H2,(H,3,4). The van der Waals surface area contributed by atoms with E-state index in [0.717, 1.165) is 0 Å². The fourth-order valence-electron chi connectivity index (χ4n) is 0.637. The lowest BCUT2D eigenvalue weighted by Crippen LogP contribution is -2.03. The second-order valence-corrected chi connectivity index (χ2v) is 2.49. The van der Waals surface area contributed by atoms with Crippen LogP contribution in [0.25, 0.3) is 0 Å². The third-order valence-electron chi connectivity index (χ3n) is 1.22. The SMILES string of the molecule is Cc1ccc(C)cc1.NC(=O)O. The molecule has 0 aliphatic heterocycles. The molecule has 0 saturated carbocycles. The molecule has 1 rings (SSSR count). The average molecular weight is 167 g/mol. The molecule has 3 nitrogen and oxygen atoms in total. The van der Waals surface area contributed by atoms with Gasteiger partial charge in [0, 0.05) is 0 Å². The third-order valence-corrected chi connectivity index (χ3v) is 1.22. The summed E-state index contributed by atoms with van der Waals surface area (Å²) in [6, 6.07) is 8.48. The van der Waals surface area contributed by atoms with Gasteiger partial charge in [-0.25, -0.2) is 4.79 Å². The maximum Gasteiger partial charge on any atom is 0.402 e. The molecule has 0 bridgehead atoms. The van der Waals surface area contributed by atoms with Crippen LogP contribution >= 0.6 is 0 Å². The van der Waals surface area contributed by atoms with Gasteiger partial charge in [0.1, 0.15) is 0 Å². The van der Waals surface area contributed by atoms with Crippen molar-refractivity contribution in [3.8, 4) is 0 Å². The molecule has 0 fully saturated rings. The second kappa shape index (κ2) is 5.18. The topological polar surface area (TPSA) is 63.3 Å². The quantitative estimate of drug-likeness (QED) is 0.620. The molecule has 1 aromatic rings. The summed E-state index contributed by atoms with van der Waals surface area (Å²) in [6.45, 7) is 4.19. The fourth-order valence-corrected chi connectivity index (χ4v) is 0.637. The summed E-state index contributed by atoms with van der Waals surface area (Å²) in [4.78, 5) is 8.78. The van der Waals surface area contributed by atoms with E-state index in [2.05, 4.69) is 43.8 Å². The lowest BCUT2D eigenvalue weighted by atomic mass is 10.2. The van der Waals surface area contributed by atoms with E-state index in [1.807, 2.05) is 0 Å². The first kappa shape index (κ1) is 10.5. The zero-order chi connectivity index (χ0) is 9.56. The van der Waals surface area contributed by atoms with Gasteiger partial charge >= 0.3 is 6.09 Å². The van der Waals surface area contributed by atoms with Gasteiger partial charge < -0.3 is 10.8 Å². The zero-order valence-electron chi connectivity index (χ0n) is 7.24. The first-order valence-corrected chi connectivity index (χ1v) is 3.54. The number of aryl methyl sites for hydroxylation is 2. The predicted molar refractivity (Wildman–Crippen MR) is 48.1 cm³/mol. The predicted octanol–water partition coefficient (Wildman–Crippen LogP) is 1.93. The summed E-state index contributed by atoms with van der Waals surface area (Å²) in [5.74, 6) is 0. The van der Waals surface area contributed by atoms with Gasteiger partial charge in [-0.15, -0.1) is 0 Å². The Morgan fingerprint density at radius 1 is 1.17 bits per heavy atom. The Hall–Kier alpha value is -1.51. The lowest BCUT2D eigenvalue weighted by Gasteiger charge is -1.90. The summed E-state index contributed by atoms with van der Waals surface area (Å²) in [5.41, 5.74) is 6.69. The number of primary amides is 1. The van der Waals surface area contributed by atoms with E-state index in [1.54, 1.807) is 0 Å². The molecule has 1 aromatic carbocycles. The summed E-state index contributed by atoms with van der Waals surface area (Å²) in [6.07, 6.45) is -1.33. The van der Waals surface area contributed by atoms with Crippen molar-refractivity contribution < 1.29 is 9.90 Å².